The van der Waals surface area contributed by atoms with Gasteiger partial charge in [-0.1, -0.05) is 30.7 Å². The molecule has 0 radical (unpaired) electrons. The fourth-order valence-corrected chi connectivity index (χ4v) is 4.41. The fraction of sp³-hybridized carbons (Fsp3) is 0.391. The Morgan fingerprint density at radius 2 is 1.79 bits per heavy atom. The second-order valence-corrected chi connectivity index (χ2v) is 9.87. The SMILES string of the molecule is CCNC(=O)[C@@H](CC)N(Cc1ccc(OC)cc1)C(=O)CN(c1ccc(F)c(Cl)c1)S(C)(=O)=O. The van der Waals surface area contributed by atoms with E-state index in [1.807, 2.05) is 0 Å². The van der Waals surface area contributed by atoms with Gasteiger partial charge in [-0.05, 0) is 49.2 Å². The quantitative estimate of drug-likeness (QED) is 0.498. The minimum absolute atomic E-state index is 0.0395. The highest BCUT2D eigenvalue weighted by Gasteiger charge is 2.31. The molecule has 0 aromatic heterocycles. The zero-order chi connectivity index (χ0) is 25.5. The Morgan fingerprint density at radius 1 is 1.15 bits per heavy atom. The van der Waals surface area contributed by atoms with Crippen LogP contribution in [0.5, 0.6) is 5.75 Å². The van der Waals surface area contributed by atoms with Gasteiger partial charge >= 0.3 is 0 Å². The Balaban J connectivity index is 2.44. The number of benzene rings is 2. The topological polar surface area (TPSA) is 96.0 Å². The number of anilines is 1. The van der Waals surface area contributed by atoms with Crippen molar-refractivity contribution in [2.45, 2.75) is 32.9 Å². The lowest BCUT2D eigenvalue weighted by molar-refractivity contribution is -0.140. The molecular formula is C23H29ClFN3O5S. The van der Waals surface area contributed by atoms with Crippen LogP contribution in [-0.2, 0) is 26.2 Å². The van der Waals surface area contributed by atoms with Crippen molar-refractivity contribution in [3.05, 3.63) is 58.9 Å². The molecule has 0 aliphatic heterocycles. The van der Waals surface area contributed by atoms with Crippen LogP contribution in [0.1, 0.15) is 25.8 Å². The summed E-state index contributed by atoms with van der Waals surface area (Å²) in [4.78, 5) is 27.5. The van der Waals surface area contributed by atoms with Gasteiger partial charge < -0.3 is 15.0 Å². The van der Waals surface area contributed by atoms with Crippen LogP contribution in [0, 0.1) is 5.82 Å². The molecule has 1 atom stereocenters. The minimum atomic E-state index is -3.93. The average Bonchev–Trinajstić information content (AvgIpc) is 2.79. The van der Waals surface area contributed by atoms with E-state index in [1.54, 1.807) is 38.1 Å². The van der Waals surface area contributed by atoms with Crippen molar-refractivity contribution in [3.8, 4) is 5.75 Å². The van der Waals surface area contributed by atoms with Gasteiger partial charge in [0.25, 0.3) is 0 Å². The van der Waals surface area contributed by atoms with Crippen LogP contribution in [0.2, 0.25) is 5.02 Å². The van der Waals surface area contributed by atoms with E-state index in [4.69, 9.17) is 16.3 Å². The van der Waals surface area contributed by atoms with Crippen molar-refractivity contribution in [2.75, 3.05) is 30.8 Å². The van der Waals surface area contributed by atoms with Crippen LogP contribution >= 0.6 is 11.6 Å². The summed E-state index contributed by atoms with van der Waals surface area (Å²) in [5.74, 6) is -1.02. The molecule has 2 amide bonds. The molecule has 0 spiro atoms. The molecule has 34 heavy (non-hydrogen) atoms. The summed E-state index contributed by atoms with van der Waals surface area (Å²) in [6.45, 7) is 3.39. The predicted octanol–water partition coefficient (Wildman–Crippen LogP) is 3.20. The highest BCUT2D eigenvalue weighted by Crippen LogP contribution is 2.25. The number of halogens is 2. The van der Waals surface area contributed by atoms with Gasteiger partial charge in [-0.15, -0.1) is 0 Å². The second kappa shape index (κ2) is 12.0. The zero-order valence-electron chi connectivity index (χ0n) is 19.5. The molecule has 8 nitrogen and oxygen atoms in total. The van der Waals surface area contributed by atoms with E-state index in [1.165, 1.54) is 18.1 Å². The van der Waals surface area contributed by atoms with Gasteiger partial charge in [0, 0.05) is 13.1 Å². The van der Waals surface area contributed by atoms with Crippen molar-refractivity contribution in [2.24, 2.45) is 0 Å². The third-order valence-electron chi connectivity index (χ3n) is 5.12. The van der Waals surface area contributed by atoms with Gasteiger partial charge in [0.05, 0.1) is 24.1 Å². The van der Waals surface area contributed by atoms with Gasteiger partial charge in [0.2, 0.25) is 21.8 Å². The first-order valence-corrected chi connectivity index (χ1v) is 12.9. The van der Waals surface area contributed by atoms with E-state index in [-0.39, 0.29) is 23.2 Å². The number of carbonyl (C=O) groups is 2. The lowest BCUT2D eigenvalue weighted by Gasteiger charge is -2.32. The normalized spacial score (nSPS) is 12.1. The monoisotopic (exact) mass is 513 g/mol. The molecule has 0 heterocycles. The first-order valence-electron chi connectivity index (χ1n) is 10.6. The van der Waals surface area contributed by atoms with Crippen LogP contribution < -0.4 is 14.4 Å². The van der Waals surface area contributed by atoms with Crippen LogP contribution in [0.3, 0.4) is 0 Å². The van der Waals surface area contributed by atoms with Crippen LogP contribution in [0.25, 0.3) is 0 Å². The lowest BCUT2D eigenvalue weighted by atomic mass is 10.1. The van der Waals surface area contributed by atoms with Crippen molar-refractivity contribution in [1.29, 1.82) is 0 Å². The van der Waals surface area contributed by atoms with E-state index in [0.29, 0.717) is 18.7 Å². The zero-order valence-corrected chi connectivity index (χ0v) is 21.1. The summed E-state index contributed by atoms with van der Waals surface area (Å²) in [5, 5.41) is 2.45. The smallest absolute Gasteiger partial charge is 0.244 e. The number of carbonyl (C=O) groups excluding carboxylic acids is 2. The van der Waals surface area contributed by atoms with Crippen molar-refractivity contribution < 1.29 is 27.1 Å². The van der Waals surface area contributed by atoms with E-state index in [0.717, 1.165) is 28.3 Å². The number of ether oxygens (including phenoxy) is 1. The highest BCUT2D eigenvalue weighted by molar-refractivity contribution is 7.92. The molecule has 1 N–H and O–H groups in total. The number of hydrogen-bond acceptors (Lipinski definition) is 5. The number of methoxy groups -OCH3 is 1. The maximum atomic E-state index is 13.6. The molecule has 0 aliphatic carbocycles. The van der Waals surface area contributed by atoms with E-state index in [9.17, 15) is 22.4 Å². The van der Waals surface area contributed by atoms with Crippen LogP contribution in [-0.4, -0.2) is 57.6 Å². The third-order valence-corrected chi connectivity index (χ3v) is 6.55. The van der Waals surface area contributed by atoms with Crippen molar-refractivity contribution >= 4 is 39.1 Å². The first-order chi connectivity index (χ1) is 16.0. The number of nitrogens with one attached hydrogen (secondary N) is 1. The summed E-state index contributed by atoms with van der Waals surface area (Å²) in [5.41, 5.74) is 0.769. The predicted molar refractivity (Wildman–Crippen MR) is 130 cm³/mol. The Kier molecular flexibility index (Phi) is 9.69. The largest absolute Gasteiger partial charge is 0.497 e. The summed E-state index contributed by atoms with van der Waals surface area (Å²) < 4.78 is 44.7. The van der Waals surface area contributed by atoms with Gasteiger partial charge in [0.15, 0.2) is 0 Å². The number of sulfonamides is 1. The molecule has 2 rings (SSSR count). The summed E-state index contributed by atoms with van der Waals surface area (Å²) in [6.07, 6.45) is 1.25. The standard InChI is InChI=1S/C23H29ClFN3O5S/c1-5-21(23(30)26-6-2)27(14-16-7-10-18(33-3)11-8-16)22(29)15-28(34(4,31)32)17-9-12-20(25)19(24)13-17/h7-13,21H,5-6,14-15H2,1-4H3,(H,26,30)/t21-/m1/s1. The number of amides is 2. The molecule has 186 valence electrons. The Hall–Kier alpha value is -2.85. The van der Waals surface area contributed by atoms with E-state index < -0.39 is 34.3 Å². The number of nitrogens with zero attached hydrogens (tertiary/aromatic N) is 2. The van der Waals surface area contributed by atoms with Crippen LogP contribution in [0.4, 0.5) is 10.1 Å². The summed E-state index contributed by atoms with van der Waals surface area (Å²) in [6, 6.07) is 9.55. The lowest BCUT2D eigenvalue weighted by Crippen LogP contribution is -2.52. The average molecular weight is 514 g/mol. The summed E-state index contributed by atoms with van der Waals surface area (Å²) in [7, 11) is -2.40. The molecule has 0 saturated carbocycles. The second-order valence-electron chi connectivity index (χ2n) is 7.56. The minimum Gasteiger partial charge on any atom is -0.497 e. The van der Waals surface area contributed by atoms with Crippen molar-refractivity contribution in [1.82, 2.24) is 10.2 Å². The molecule has 0 unspecified atom stereocenters. The molecule has 0 bridgehead atoms. The number of hydrogen-bond donors (Lipinski definition) is 1. The maximum absolute atomic E-state index is 13.6. The van der Waals surface area contributed by atoms with E-state index in [2.05, 4.69) is 5.32 Å². The number of rotatable bonds is 11. The molecule has 0 saturated heterocycles. The van der Waals surface area contributed by atoms with Crippen LogP contribution in [0.15, 0.2) is 42.5 Å². The summed E-state index contributed by atoms with van der Waals surface area (Å²) >= 11 is 5.83. The maximum Gasteiger partial charge on any atom is 0.244 e. The molecule has 0 aliphatic rings. The Morgan fingerprint density at radius 3 is 2.29 bits per heavy atom. The first kappa shape index (κ1) is 27.4. The van der Waals surface area contributed by atoms with Gasteiger partial charge in [-0.25, -0.2) is 12.8 Å². The highest BCUT2D eigenvalue weighted by atomic mass is 35.5. The van der Waals surface area contributed by atoms with Gasteiger partial charge in [-0.3, -0.25) is 13.9 Å². The third kappa shape index (κ3) is 7.07. The van der Waals surface area contributed by atoms with Gasteiger partial charge in [-0.2, -0.15) is 0 Å². The van der Waals surface area contributed by atoms with Gasteiger partial charge in [0.1, 0.15) is 24.2 Å². The molecule has 0 fully saturated rings. The van der Waals surface area contributed by atoms with E-state index >= 15 is 0 Å². The molecular weight excluding hydrogens is 485 g/mol. The number of likely N-dealkylation sites (N-methyl/N-ethyl adjacent to an activating group) is 1. The fourth-order valence-electron chi connectivity index (χ4n) is 3.39. The van der Waals surface area contributed by atoms with Crippen molar-refractivity contribution in [3.63, 3.8) is 0 Å². The Bertz CT molecular complexity index is 1110. The molecule has 2 aromatic rings. The molecule has 11 heteroatoms. The Labute approximate surface area is 204 Å². The molecule has 2 aromatic carbocycles.